The van der Waals surface area contributed by atoms with Crippen molar-refractivity contribution in [2.75, 3.05) is 13.1 Å². The minimum absolute atomic E-state index is 0.224. The predicted molar refractivity (Wildman–Crippen MR) is 95.8 cm³/mol. The normalized spacial score (nSPS) is 18.8. The third-order valence-electron chi connectivity index (χ3n) is 4.08. The van der Waals surface area contributed by atoms with Crippen molar-refractivity contribution < 1.29 is 9.53 Å². The van der Waals surface area contributed by atoms with Gasteiger partial charge in [-0.05, 0) is 57.7 Å². The molecule has 1 amide bonds. The van der Waals surface area contributed by atoms with Gasteiger partial charge in [-0.15, -0.1) is 5.10 Å². The van der Waals surface area contributed by atoms with Crippen LogP contribution < -0.4 is 0 Å². The maximum atomic E-state index is 12.3. The molecule has 0 spiro atoms. The van der Waals surface area contributed by atoms with Crippen LogP contribution in [-0.2, 0) is 11.3 Å². The van der Waals surface area contributed by atoms with E-state index >= 15 is 0 Å². The molecule has 1 atom stereocenters. The van der Waals surface area contributed by atoms with Crippen LogP contribution in [0.3, 0.4) is 0 Å². The third-order valence-corrected chi connectivity index (χ3v) is 4.57. The van der Waals surface area contributed by atoms with Crippen LogP contribution in [-0.4, -0.2) is 44.7 Å². The first-order valence-corrected chi connectivity index (χ1v) is 9.08. The highest BCUT2D eigenvalue weighted by molar-refractivity contribution is 9.10. The number of hydrogen-bond acceptors (Lipinski definition) is 4. The topological polar surface area (TPSA) is 60.2 Å². The summed E-state index contributed by atoms with van der Waals surface area (Å²) in [6.45, 7) is 7.90. The number of carbonyl (C=O) groups excluding carboxylic acids is 1. The van der Waals surface area contributed by atoms with Gasteiger partial charge in [-0.3, -0.25) is 0 Å². The molecular formula is C17H23BrN4O2. The molecule has 1 aromatic heterocycles. The van der Waals surface area contributed by atoms with Crippen LogP contribution in [0.5, 0.6) is 0 Å². The number of amides is 1. The van der Waals surface area contributed by atoms with Crippen molar-refractivity contribution in [2.45, 2.75) is 45.8 Å². The Morgan fingerprint density at radius 2 is 2.21 bits per heavy atom. The monoisotopic (exact) mass is 394 g/mol. The molecule has 6 nitrogen and oxygen atoms in total. The van der Waals surface area contributed by atoms with Gasteiger partial charge in [0.1, 0.15) is 11.1 Å². The van der Waals surface area contributed by atoms with Gasteiger partial charge in [-0.25, -0.2) is 9.48 Å². The maximum absolute atomic E-state index is 12.3. The smallest absolute Gasteiger partial charge is 0.410 e. The molecule has 24 heavy (non-hydrogen) atoms. The second kappa shape index (κ2) is 6.70. The molecule has 1 aliphatic rings. The molecule has 0 aliphatic carbocycles. The third kappa shape index (κ3) is 4.06. The first kappa shape index (κ1) is 17.2. The molecule has 0 saturated carbocycles. The predicted octanol–water partition coefficient (Wildman–Crippen LogP) is 3.84. The Morgan fingerprint density at radius 3 is 2.96 bits per heavy atom. The molecule has 2 heterocycles. The van der Waals surface area contributed by atoms with Gasteiger partial charge >= 0.3 is 6.09 Å². The molecular weight excluding hydrogens is 372 g/mol. The van der Waals surface area contributed by atoms with Gasteiger partial charge in [0.2, 0.25) is 0 Å². The Kier molecular flexibility index (Phi) is 4.80. The fraction of sp³-hybridized carbons (Fsp3) is 0.588. The van der Waals surface area contributed by atoms with Crippen molar-refractivity contribution in [3.63, 3.8) is 0 Å². The average molecular weight is 395 g/mol. The second-order valence-electron chi connectivity index (χ2n) is 7.34. The van der Waals surface area contributed by atoms with Crippen LogP contribution in [0.25, 0.3) is 11.0 Å². The Hall–Kier alpha value is -1.63. The highest BCUT2D eigenvalue weighted by Crippen LogP contribution is 2.23. The first-order valence-electron chi connectivity index (χ1n) is 8.28. The molecule has 0 radical (unpaired) electrons. The quantitative estimate of drug-likeness (QED) is 0.775. The SMILES string of the molecule is CC(C)(C)OC(=O)N1CCCC(Cn2nnc3ccc(Br)cc32)C1. The number of benzene rings is 1. The number of nitrogens with zero attached hydrogens (tertiary/aromatic N) is 4. The lowest BCUT2D eigenvalue weighted by molar-refractivity contribution is 0.0156. The van der Waals surface area contributed by atoms with E-state index in [4.69, 9.17) is 4.74 Å². The standard InChI is InChI=1S/C17H23BrN4O2/c1-17(2,3)24-16(23)21-8-4-5-12(10-21)11-22-15-9-13(18)6-7-14(15)19-20-22/h6-7,9,12H,4-5,8,10-11H2,1-3H3. The van der Waals surface area contributed by atoms with Gasteiger partial charge in [0.25, 0.3) is 0 Å². The zero-order valence-electron chi connectivity index (χ0n) is 14.3. The Balaban J connectivity index is 1.68. The Bertz CT molecular complexity index is 738. The van der Waals surface area contributed by atoms with Gasteiger partial charge < -0.3 is 9.64 Å². The highest BCUT2D eigenvalue weighted by atomic mass is 79.9. The van der Waals surface area contributed by atoms with E-state index in [9.17, 15) is 4.79 Å². The van der Waals surface area contributed by atoms with Crippen molar-refractivity contribution in [3.05, 3.63) is 22.7 Å². The first-order chi connectivity index (χ1) is 11.3. The highest BCUT2D eigenvalue weighted by Gasteiger charge is 2.28. The van der Waals surface area contributed by atoms with E-state index in [1.54, 1.807) is 0 Å². The van der Waals surface area contributed by atoms with Crippen LogP contribution in [0.1, 0.15) is 33.6 Å². The molecule has 0 bridgehead atoms. The van der Waals surface area contributed by atoms with Crippen molar-refractivity contribution in [1.82, 2.24) is 19.9 Å². The zero-order chi connectivity index (χ0) is 17.3. The molecule has 130 valence electrons. The largest absolute Gasteiger partial charge is 0.444 e. The van der Waals surface area contributed by atoms with Crippen LogP contribution >= 0.6 is 15.9 Å². The molecule has 2 aromatic rings. The van der Waals surface area contributed by atoms with Gasteiger partial charge in [0.05, 0.1) is 5.52 Å². The summed E-state index contributed by atoms with van der Waals surface area (Å²) in [6.07, 6.45) is 1.84. The van der Waals surface area contributed by atoms with Crippen molar-refractivity contribution in [3.8, 4) is 0 Å². The number of carbonyl (C=O) groups is 1. The molecule has 1 fully saturated rings. The van der Waals surface area contributed by atoms with E-state index in [0.717, 1.165) is 41.4 Å². The summed E-state index contributed by atoms with van der Waals surface area (Å²) in [6, 6.07) is 5.95. The molecule has 7 heteroatoms. The summed E-state index contributed by atoms with van der Waals surface area (Å²) < 4.78 is 8.44. The van der Waals surface area contributed by atoms with E-state index in [0.29, 0.717) is 12.5 Å². The summed E-state index contributed by atoms with van der Waals surface area (Å²) in [5.74, 6) is 0.357. The van der Waals surface area contributed by atoms with E-state index in [1.165, 1.54) is 0 Å². The van der Waals surface area contributed by atoms with Crippen molar-refractivity contribution in [1.29, 1.82) is 0 Å². The minimum atomic E-state index is -0.460. The van der Waals surface area contributed by atoms with Crippen molar-refractivity contribution >= 4 is 33.1 Å². The van der Waals surface area contributed by atoms with E-state index in [2.05, 4.69) is 26.2 Å². The molecule has 1 saturated heterocycles. The number of likely N-dealkylation sites (tertiary alicyclic amines) is 1. The summed E-state index contributed by atoms with van der Waals surface area (Å²) >= 11 is 3.49. The lowest BCUT2D eigenvalue weighted by Gasteiger charge is -2.34. The number of fused-ring (bicyclic) bond motifs is 1. The van der Waals surface area contributed by atoms with Crippen LogP contribution in [0.15, 0.2) is 22.7 Å². The van der Waals surface area contributed by atoms with Crippen molar-refractivity contribution in [2.24, 2.45) is 5.92 Å². The molecule has 3 rings (SSSR count). The van der Waals surface area contributed by atoms with Gasteiger partial charge in [-0.2, -0.15) is 0 Å². The lowest BCUT2D eigenvalue weighted by Crippen LogP contribution is -2.43. The fourth-order valence-electron chi connectivity index (χ4n) is 3.02. The van der Waals surface area contributed by atoms with Crippen LogP contribution in [0.2, 0.25) is 0 Å². The second-order valence-corrected chi connectivity index (χ2v) is 8.25. The average Bonchev–Trinajstić information content (AvgIpc) is 2.88. The molecule has 0 N–H and O–H groups in total. The molecule has 1 aliphatic heterocycles. The van der Waals surface area contributed by atoms with Crippen LogP contribution in [0, 0.1) is 5.92 Å². The van der Waals surface area contributed by atoms with Gasteiger partial charge in [-0.1, -0.05) is 21.1 Å². The number of rotatable bonds is 2. The Morgan fingerprint density at radius 1 is 1.42 bits per heavy atom. The summed E-state index contributed by atoms with van der Waals surface area (Å²) in [7, 11) is 0. The molecule has 1 unspecified atom stereocenters. The lowest BCUT2D eigenvalue weighted by atomic mass is 9.98. The summed E-state index contributed by atoms with van der Waals surface area (Å²) in [5, 5.41) is 8.49. The van der Waals surface area contributed by atoms with E-state index in [-0.39, 0.29) is 6.09 Å². The molecule has 1 aromatic carbocycles. The fourth-order valence-corrected chi connectivity index (χ4v) is 3.37. The summed E-state index contributed by atoms with van der Waals surface area (Å²) in [4.78, 5) is 14.1. The Labute approximate surface area is 150 Å². The van der Waals surface area contributed by atoms with Crippen LogP contribution in [0.4, 0.5) is 4.79 Å². The number of ether oxygens (including phenoxy) is 1. The minimum Gasteiger partial charge on any atom is -0.444 e. The van der Waals surface area contributed by atoms with Gasteiger partial charge in [0.15, 0.2) is 0 Å². The number of halogens is 1. The van der Waals surface area contributed by atoms with E-state index < -0.39 is 5.60 Å². The maximum Gasteiger partial charge on any atom is 0.410 e. The number of piperidine rings is 1. The number of hydrogen-bond donors (Lipinski definition) is 0. The van der Waals surface area contributed by atoms with E-state index in [1.807, 2.05) is 48.6 Å². The summed E-state index contributed by atoms with van der Waals surface area (Å²) in [5.41, 5.74) is 1.44. The zero-order valence-corrected chi connectivity index (χ0v) is 15.9. The number of aromatic nitrogens is 3. The van der Waals surface area contributed by atoms with Gasteiger partial charge in [0, 0.05) is 24.1 Å².